The molecule has 0 aliphatic rings. The predicted octanol–water partition coefficient (Wildman–Crippen LogP) is 5.23. The van der Waals surface area contributed by atoms with E-state index in [9.17, 15) is 9.59 Å². The molecule has 5 nitrogen and oxygen atoms in total. The lowest BCUT2D eigenvalue weighted by atomic mass is 10.4. The van der Waals surface area contributed by atoms with Crippen LogP contribution in [0.25, 0.3) is 0 Å². The van der Waals surface area contributed by atoms with Crippen molar-refractivity contribution in [2.45, 2.75) is 0 Å². The average Bonchev–Trinajstić information content (AvgIpc) is 3.16. The van der Waals surface area contributed by atoms with Crippen LogP contribution in [0.4, 0.5) is 11.6 Å². The molecule has 0 saturated heterocycles. The van der Waals surface area contributed by atoms with Crippen LogP contribution in [-0.2, 0) is 0 Å². The minimum atomic E-state index is -0.246. The molecule has 2 amide bonds. The Kier molecular flexibility index (Phi) is 5.44. The van der Waals surface area contributed by atoms with Crippen LogP contribution in [0.15, 0.2) is 50.0 Å². The summed E-state index contributed by atoms with van der Waals surface area (Å²) in [6.07, 6.45) is 0. The van der Waals surface area contributed by atoms with Gasteiger partial charge in [0, 0.05) is 0 Å². The number of amides is 2. The van der Waals surface area contributed by atoms with Crippen molar-refractivity contribution in [1.29, 1.82) is 0 Å². The molecule has 0 saturated carbocycles. The van der Waals surface area contributed by atoms with E-state index in [1.807, 2.05) is 12.1 Å². The zero-order chi connectivity index (χ0) is 17.1. The highest BCUT2D eigenvalue weighted by Gasteiger charge is 2.12. The summed E-state index contributed by atoms with van der Waals surface area (Å²) in [5.41, 5.74) is 0. The first-order valence-electron chi connectivity index (χ1n) is 6.62. The molecule has 0 aliphatic carbocycles. The molecule has 0 aliphatic heterocycles. The number of rotatable bonds is 4. The molecule has 0 bridgehead atoms. The first-order chi connectivity index (χ1) is 11.5. The molecule has 0 radical (unpaired) electrons. The van der Waals surface area contributed by atoms with Crippen molar-refractivity contribution in [2.24, 2.45) is 0 Å². The van der Waals surface area contributed by atoms with E-state index in [4.69, 9.17) is 0 Å². The standard InChI is InChI=1S/C15H9Br2N3O2S2/c16-10-6-4-8(23-10)14(21)19-12-2-1-3-13(18-12)20-15(22)9-5-7-11(17)24-9/h1-7H,(H2,18,19,20,21,22). The van der Waals surface area contributed by atoms with Gasteiger partial charge in [0.05, 0.1) is 17.3 Å². The van der Waals surface area contributed by atoms with E-state index in [2.05, 4.69) is 47.5 Å². The quantitative estimate of drug-likeness (QED) is 0.530. The molecule has 0 fully saturated rings. The highest BCUT2D eigenvalue weighted by Crippen LogP contribution is 2.24. The first-order valence-corrected chi connectivity index (χ1v) is 9.83. The number of thiophene rings is 2. The molecule has 3 aromatic rings. The van der Waals surface area contributed by atoms with Gasteiger partial charge in [-0.1, -0.05) is 6.07 Å². The summed E-state index contributed by atoms with van der Waals surface area (Å²) in [5.74, 6) is 0.247. The van der Waals surface area contributed by atoms with Crippen LogP contribution in [0.5, 0.6) is 0 Å². The molecule has 0 spiro atoms. The van der Waals surface area contributed by atoms with E-state index in [-0.39, 0.29) is 11.8 Å². The Balaban J connectivity index is 1.70. The van der Waals surface area contributed by atoms with Crippen LogP contribution in [-0.4, -0.2) is 16.8 Å². The maximum atomic E-state index is 12.1. The van der Waals surface area contributed by atoms with Crippen molar-refractivity contribution < 1.29 is 9.59 Å². The summed E-state index contributed by atoms with van der Waals surface area (Å²) in [5, 5.41) is 5.42. The van der Waals surface area contributed by atoms with E-state index in [0.717, 1.165) is 7.57 Å². The fraction of sp³-hybridized carbons (Fsp3) is 0. The second-order valence-corrected chi connectivity index (χ2v) is 9.45. The Morgan fingerprint density at radius 2 is 1.25 bits per heavy atom. The number of nitrogens with one attached hydrogen (secondary N) is 2. The van der Waals surface area contributed by atoms with E-state index in [1.165, 1.54) is 22.7 Å². The minimum Gasteiger partial charge on any atom is -0.306 e. The van der Waals surface area contributed by atoms with Gasteiger partial charge in [0.25, 0.3) is 11.8 Å². The number of anilines is 2. The number of pyridine rings is 1. The summed E-state index contributed by atoms with van der Waals surface area (Å²) in [7, 11) is 0. The highest BCUT2D eigenvalue weighted by atomic mass is 79.9. The number of aromatic nitrogens is 1. The molecule has 9 heteroatoms. The molecule has 3 rings (SSSR count). The van der Waals surface area contributed by atoms with Crippen molar-refractivity contribution in [3.05, 3.63) is 59.8 Å². The predicted molar refractivity (Wildman–Crippen MR) is 104 cm³/mol. The fourth-order valence-corrected chi connectivity index (χ4v) is 4.37. The third-order valence-electron chi connectivity index (χ3n) is 2.83. The minimum absolute atomic E-state index is 0.246. The SMILES string of the molecule is O=C(Nc1cccc(NC(=O)c2ccc(Br)s2)n1)c1ccc(Br)s1. The van der Waals surface area contributed by atoms with Gasteiger partial charge >= 0.3 is 0 Å². The van der Waals surface area contributed by atoms with Crippen molar-refractivity contribution in [3.63, 3.8) is 0 Å². The number of halogens is 2. The van der Waals surface area contributed by atoms with Crippen LogP contribution in [0, 0.1) is 0 Å². The van der Waals surface area contributed by atoms with Crippen LogP contribution >= 0.6 is 54.5 Å². The van der Waals surface area contributed by atoms with Crippen molar-refractivity contribution >= 4 is 78.0 Å². The van der Waals surface area contributed by atoms with Crippen LogP contribution in [0.1, 0.15) is 19.3 Å². The molecule has 0 unspecified atom stereocenters. The molecule has 2 N–H and O–H groups in total. The zero-order valence-corrected chi connectivity index (χ0v) is 16.7. The maximum Gasteiger partial charge on any atom is 0.266 e. The third kappa shape index (κ3) is 4.29. The normalized spacial score (nSPS) is 10.4. The van der Waals surface area contributed by atoms with Crippen LogP contribution < -0.4 is 10.6 Å². The number of carbonyl (C=O) groups excluding carboxylic acids is 2. The number of carbonyl (C=O) groups is 2. The van der Waals surface area contributed by atoms with Crippen LogP contribution in [0.2, 0.25) is 0 Å². The van der Waals surface area contributed by atoms with Gasteiger partial charge in [0.15, 0.2) is 0 Å². The third-order valence-corrected chi connectivity index (χ3v) is 6.07. The molecule has 3 aromatic heterocycles. The van der Waals surface area contributed by atoms with Gasteiger partial charge in [-0.05, 0) is 68.3 Å². The van der Waals surface area contributed by atoms with Gasteiger partial charge in [-0.3, -0.25) is 9.59 Å². The summed E-state index contributed by atoms with van der Waals surface area (Å²) < 4.78 is 1.76. The molecule has 0 aromatic carbocycles. The smallest absolute Gasteiger partial charge is 0.266 e. The summed E-state index contributed by atoms with van der Waals surface area (Å²) >= 11 is 9.31. The van der Waals surface area contributed by atoms with Gasteiger partial charge in [-0.2, -0.15) is 0 Å². The summed E-state index contributed by atoms with van der Waals surface area (Å²) in [6, 6.07) is 12.1. The Bertz CT molecular complexity index is 838. The van der Waals surface area contributed by atoms with E-state index >= 15 is 0 Å². The monoisotopic (exact) mass is 485 g/mol. The largest absolute Gasteiger partial charge is 0.306 e. The lowest BCUT2D eigenvalue weighted by Gasteiger charge is -2.06. The fourth-order valence-electron chi connectivity index (χ4n) is 1.80. The molecule has 3 heterocycles. The molecule has 122 valence electrons. The van der Waals surface area contributed by atoms with Crippen molar-refractivity contribution in [3.8, 4) is 0 Å². The molecule has 0 atom stereocenters. The van der Waals surface area contributed by atoms with E-state index < -0.39 is 0 Å². The average molecular weight is 487 g/mol. The summed E-state index contributed by atoms with van der Waals surface area (Å²) in [6.45, 7) is 0. The zero-order valence-electron chi connectivity index (χ0n) is 11.9. The lowest BCUT2D eigenvalue weighted by Crippen LogP contribution is -2.14. The lowest BCUT2D eigenvalue weighted by molar-refractivity contribution is 0.102. The Hall–Kier alpha value is -1.55. The molecular formula is C15H9Br2N3O2S2. The van der Waals surface area contributed by atoms with Crippen molar-refractivity contribution in [1.82, 2.24) is 4.98 Å². The second-order valence-electron chi connectivity index (χ2n) is 4.52. The topological polar surface area (TPSA) is 71.1 Å². The van der Waals surface area contributed by atoms with Gasteiger partial charge < -0.3 is 10.6 Å². The number of hydrogen-bond acceptors (Lipinski definition) is 5. The van der Waals surface area contributed by atoms with E-state index in [1.54, 1.807) is 30.3 Å². The van der Waals surface area contributed by atoms with E-state index in [0.29, 0.717) is 21.4 Å². The van der Waals surface area contributed by atoms with Crippen LogP contribution in [0.3, 0.4) is 0 Å². The molecular weight excluding hydrogens is 478 g/mol. The number of hydrogen-bond donors (Lipinski definition) is 2. The Labute approximate surface area is 162 Å². The second kappa shape index (κ2) is 7.56. The van der Waals surface area contributed by atoms with Crippen molar-refractivity contribution in [2.75, 3.05) is 10.6 Å². The Morgan fingerprint density at radius 1 is 0.792 bits per heavy atom. The van der Waals surface area contributed by atoms with Gasteiger partial charge in [-0.15, -0.1) is 22.7 Å². The number of nitrogens with zero attached hydrogens (tertiary/aromatic N) is 1. The Morgan fingerprint density at radius 3 is 1.62 bits per heavy atom. The van der Waals surface area contributed by atoms with Gasteiger partial charge in [0.1, 0.15) is 11.6 Å². The van der Waals surface area contributed by atoms with Gasteiger partial charge in [-0.25, -0.2) is 4.98 Å². The summed E-state index contributed by atoms with van der Waals surface area (Å²) in [4.78, 5) is 29.6. The first kappa shape index (κ1) is 17.3. The highest BCUT2D eigenvalue weighted by molar-refractivity contribution is 9.11. The maximum absolute atomic E-state index is 12.1. The molecule has 24 heavy (non-hydrogen) atoms. The van der Waals surface area contributed by atoms with Gasteiger partial charge in [0.2, 0.25) is 0 Å².